The minimum absolute atomic E-state index is 0.390. The van der Waals surface area contributed by atoms with E-state index in [-0.39, 0.29) is 0 Å². The van der Waals surface area contributed by atoms with Crippen LogP contribution in [-0.4, -0.2) is 9.67 Å². The Morgan fingerprint density at radius 3 is 2.33 bits per heavy atom. The summed E-state index contributed by atoms with van der Waals surface area (Å²) in [7, 11) is 0. The lowest BCUT2D eigenvalue weighted by atomic mass is 10.1. The fraction of sp³-hybridized carbons (Fsp3) is 0.692. The third kappa shape index (κ3) is 4.91. The fourth-order valence-corrected chi connectivity index (χ4v) is 1.83. The molecule has 0 aliphatic rings. The summed E-state index contributed by atoms with van der Waals surface area (Å²) in [5.74, 6) is 0.390. The van der Waals surface area contributed by atoms with Crippen molar-refractivity contribution in [1.82, 2.24) is 4.57 Å². The number of unbranched alkanes of at least 4 members (excludes halogenated alkanes) is 6. The molecule has 1 heterocycles. The molecule has 86 valence electrons. The van der Waals surface area contributed by atoms with Crippen molar-refractivity contribution >= 4 is 0 Å². The minimum Gasteiger partial charge on any atom is -0.494 e. The summed E-state index contributed by atoms with van der Waals surface area (Å²) in [6.45, 7) is 3.20. The molecule has 0 radical (unpaired) electrons. The molecule has 0 spiro atoms. The number of nitrogens with zero attached hydrogens (tertiary/aromatic N) is 1. The second-order valence-electron chi connectivity index (χ2n) is 4.18. The van der Waals surface area contributed by atoms with Crippen LogP contribution in [0, 0.1) is 0 Å². The maximum absolute atomic E-state index is 9.39. The highest BCUT2D eigenvalue weighted by molar-refractivity contribution is 5.10. The van der Waals surface area contributed by atoms with Crippen LogP contribution in [0.5, 0.6) is 5.88 Å². The van der Waals surface area contributed by atoms with Gasteiger partial charge in [-0.25, -0.2) is 0 Å². The lowest BCUT2D eigenvalue weighted by Crippen LogP contribution is -1.95. The van der Waals surface area contributed by atoms with Gasteiger partial charge in [0, 0.05) is 12.7 Å². The number of aromatic hydroxyl groups is 1. The van der Waals surface area contributed by atoms with Crippen LogP contribution in [0.4, 0.5) is 0 Å². The molecule has 0 aromatic carbocycles. The Balaban J connectivity index is 1.96. The molecule has 0 bridgehead atoms. The number of hydrogen-bond donors (Lipinski definition) is 1. The van der Waals surface area contributed by atoms with Crippen molar-refractivity contribution < 1.29 is 5.11 Å². The minimum atomic E-state index is 0.390. The van der Waals surface area contributed by atoms with E-state index >= 15 is 0 Å². The molecule has 1 rings (SSSR count). The zero-order valence-corrected chi connectivity index (χ0v) is 9.78. The summed E-state index contributed by atoms with van der Waals surface area (Å²) in [5.41, 5.74) is 0. The van der Waals surface area contributed by atoms with Crippen LogP contribution in [-0.2, 0) is 6.54 Å². The molecular weight excluding hydrogens is 186 g/mol. The molecule has 2 heteroatoms. The summed E-state index contributed by atoms with van der Waals surface area (Å²) >= 11 is 0. The van der Waals surface area contributed by atoms with Crippen molar-refractivity contribution in [3.8, 4) is 5.88 Å². The van der Waals surface area contributed by atoms with Gasteiger partial charge in [-0.2, -0.15) is 0 Å². The standard InChI is InChI=1S/C13H23NO/c1-2-3-4-5-6-7-8-11-14-12-9-10-13(14)15/h9-10,12,15H,2-8,11H2,1H3. The maximum atomic E-state index is 9.39. The van der Waals surface area contributed by atoms with E-state index in [1.807, 2.05) is 16.8 Å². The van der Waals surface area contributed by atoms with Gasteiger partial charge in [0.1, 0.15) is 0 Å². The van der Waals surface area contributed by atoms with E-state index in [2.05, 4.69) is 6.92 Å². The fourth-order valence-electron chi connectivity index (χ4n) is 1.83. The van der Waals surface area contributed by atoms with E-state index in [0.717, 1.165) is 6.54 Å². The Bertz CT molecular complexity index is 255. The first-order valence-electron chi connectivity index (χ1n) is 6.18. The molecule has 0 unspecified atom stereocenters. The lowest BCUT2D eigenvalue weighted by Gasteiger charge is -2.04. The second kappa shape index (κ2) is 7.38. The Labute approximate surface area is 92.9 Å². The van der Waals surface area contributed by atoms with Gasteiger partial charge in [-0.3, -0.25) is 0 Å². The van der Waals surface area contributed by atoms with E-state index < -0.39 is 0 Å². The van der Waals surface area contributed by atoms with Crippen LogP contribution in [0.25, 0.3) is 0 Å². The van der Waals surface area contributed by atoms with Crippen LogP contribution in [0.3, 0.4) is 0 Å². The topological polar surface area (TPSA) is 25.2 Å². The van der Waals surface area contributed by atoms with Crippen LogP contribution >= 0.6 is 0 Å². The Morgan fingerprint density at radius 2 is 1.73 bits per heavy atom. The van der Waals surface area contributed by atoms with E-state index in [4.69, 9.17) is 0 Å². The first kappa shape index (κ1) is 12.2. The quantitative estimate of drug-likeness (QED) is 0.644. The monoisotopic (exact) mass is 209 g/mol. The number of aromatic nitrogens is 1. The van der Waals surface area contributed by atoms with Gasteiger partial charge in [-0.05, 0) is 18.6 Å². The zero-order chi connectivity index (χ0) is 10.9. The number of hydrogen-bond acceptors (Lipinski definition) is 1. The van der Waals surface area contributed by atoms with Crippen molar-refractivity contribution in [2.45, 2.75) is 58.4 Å². The second-order valence-corrected chi connectivity index (χ2v) is 4.18. The van der Waals surface area contributed by atoms with Gasteiger partial charge in [0.05, 0.1) is 0 Å². The molecule has 0 aliphatic carbocycles. The van der Waals surface area contributed by atoms with Crippen LogP contribution in [0.2, 0.25) is 0 Å². The van der Waals surface area contributed by atoms with E-state index in [1.165, 1.54) is 44.9 Å². The highest BCUT2D eigenvalue weighted by Gasteiger charge is 1.96. The third-order valence-corrected chi connectivity index (χ3v) is 2.81. The molecule has 0 fully saturated rings. The smallest absolute Gasteiger partial charge is 0.190 e. The zero-order valence-electron chi connectivity index (χ0n) is 9.78. The van der Waals surface area contributed by atoms with Gasteiger partial charge in [-0.15, -0.1) is 0 Å². The largest absolute Gasteiger partial charge is 0.494 e. The molecular formula is C13H23NO. The maximum Gasteiger partial charge on any atom is 0.190 e. The molecule has 1 N–H and O–H groups in total. The molecule has 0 saturated heterocycles. The summed E-state index contributed by atoms with van der Waals surface area (Å²) in [6.07, 6.45) is 11.2. The van der Waals surface area contributed by atoms with E-state index in [1.54, 1.807) is 6.07 Å². The predicted octanol–water partition coefficient (Wildman–Crippen LogP) is 3.94. The predicted molar refractivity (Wildman–Crippen MR) is 64.1 cm³/mol. The van der Waals surface area contributed by atoms with Crippen LogP contribution in [0.1, 0.15) is 51.9 Å². The summed E-state index contributed by atoms with van der Waals surface area (Å²) in [5, 5.41) is 9.39. The SMILES string of the molecule is CCCCCCCCCn1cccc1O. The average Bonchev–Trinajstić information content (AvgIpc) is 2.63. The molecule has 0 amide bonds. The third-order valence-electron chi connectivity index (χ3n) is 2.81. The molecule has 0 atom stereocenters. The highest BCUT2D eigenvalue weighted by atomic mass is 16.3. The normalized spacial score (nSPS) is 10.7. The number of aryl methyl sites for hydroxylation is 1. The van der Waals surface area contributed by atoms with E-state index in [9.17, 15) is 5.11 Å². The van der Waals surface area contributed by atoms with Gasteiger partial charge >= 0.3 is 0 Å². The van der Waals surface area contributed by atoms with Crippen molar-refractivity contribution in [2.24, 2.45) is 0 Å². The Kier molecular flexibility index (Phi) is 5.98. The number of rotatable bonds is 8. The van der Waals surface area contributed by atoms with Gasteiger partial charge < -0.3 is 9.67 Å². The van der Waals surface area contributed by atoms with Gasteiger partial charge in [0.25, 0.3) is 0 Å². The first-order valence-corrected chi connectivity index (χ1v) is 6.18. The van der Waals surface area contributed by atoms with Crippen molar-refractivity contribution in [3.05, 3.63) is 18.3 Å². The molecule has 2 nitrogen and oxygen atoms in total. The first-order chi connectivity index (χ1) is 7.34. The lowest BCUT2D eigenvalue weighted by molar-refractivity contribution is 0.409. The highest BCUT2D eigenvalue weighted by Crippen LogP contribution is 2.12. The Hall–Kier alpha value is -0.920. The molecule has 1 aromatic heterocycles. The van der Waals surface area contributed by atoms with Gasteiger partial charge in [0.2, 0.25) is 0 Å². The van der Waals surface area contributed by atoms with Crippen molar-refractivity contribution in [2.75, 3.05) is 0 Å². The van der Waals surface area contributed by atoms with Gasteiger partial charge in [-0.1, -0.05) is 45.4 Å². The molecule has 15 heavy (non-hydrogen) atoms. The van der Waals surface area contributed by atoms with Crippen molar-refractivity contribution in [1.29, 1.82) is 0 Å². The van der Waals surface area contributed by atoms with Crippen molar-refractivity contribution in [3.63, 3.8) is 0 Å². The summed E-state index contributed by atoms with van der Waals surface area (Å²) < 4.78 is 1.91. The average molecular weight is 209 g/mol. The summed E-state index contributed by atoms with van der Waals surface area (Å²) in [4.78, 5) is 0. The van der Waals surface area contributed by atoms with Gasteiger partial charge in [0.15, 0.2) is 5.88 Å². The molecule has 1 aromatic rings. The van der Waals surface area contributed by atoms with Crippen LogP contribution < -0.4 is 0 Å². The van der Waals surface area contributed by atoms with Crippen LogP contribution in [0.15, 0.2) is 18.3 Å². The Morgan fingerprint density at radius 1 is 1.07 bits per heavy atom. The van der Waals surface area contributed by atoms with E-state index in [0.29, 0.717) is 5.88 Å². The summed E-state index contributed by atoms with van der Waals surface area (Å²) in [6, 6.07) is 3.62. The molecule has 0 aliphatic heterocycles. The molecule has 0 saturated carbocycles.